The molecule has 16 heavy (non-hydrogen) atoms. The number of halogens is 1. The summed E-state index contributed by atoms with van der Waals surface area (Å²) in [6, 6.07) is 8.07. The predicted molar refractivity (Wildman–Crippen MR) is 72.2 cm³/mol. The van der Waals surface area contributed by atoms with Crippen LogP contribution in [0.25, 0.3) is 0 Å². The Hall–Kier alpha value is -0.180. The zero-order valence-corrected chi connectivity index (χ0v) is 11.0. The van der Waals surface area contributed by atoms with E-state index in [1.807, 2.05) is 30.0 Å². The smallest absolute Gasteiger partial charge is 0.0542 e. The maximum atomic E-state index is 6.20. The Morgan fingerprint density at radius 3 is 2.50 bits per heavy atom. The van der Waals surface area contributed by atoms with Gasteiger partial charge < -0.3 is 5.73 Å². The first-order valence-electron chi connectivity index (χ1n) is 5.89. The van der Waals surface area contributed by atoms with Crippen LogP contribution in [0.5, 0.6) is 0 Å². The minimum absolute atomic E-state index is 0.225. The largest absolute Gasteiger partial charge is 0.329 e. The summed E-state index contributed by atoms with van der Waals surface area (Å²) < 4.78 is 0.225. The third kappa shape index (κ3) is 2.73. The molecule has 0 amide bonds. The Morgan fingerprint density at radius 2 is 1.88 bits per heavy atom. The number of hydrogen-bond acceptors (Lipinski definition) is 2. The fraction of sp³-hybridized carbons (Fsp3) is 0.538. The molecule has 0 spiro atoms. The molecule has 0 aromatic heterocycles. The third-order valence-corrected chi connectivity index (χ3v) is 5.33. The predicted octanol–water partition coefficient (Wildman–Crippen LogP) is 4.09. The van der Waals surface area contributed by atoms with E-state index in [0.717, 1.165) is 11.6 Å². The average Bonchev–Trinajstić information content (AvgIpc) is 2.33. The van der Waals surface area contributed by atoms with Crippen LogP contribution in [0.3, 0.4) is 0 Å². The molecule has 1 fully saturated rings. The van der Waals surface area contributed by atoms with Crippen molar-refractivity contribution in [1.29, 1.82) is 0 Å². The van der Waals surface area contributed by atoms with Gasteiger partial charge in [0.25, 0.3) is 0 Å². The van der Waals surface area contributed by atoms with Crippen molar-refractivity contribution in [3.05, 3.63) is 29.3 Å². The number of nitrogens with two attached hydrogens (primary N) is 1. The van der Waals surface area contributed by atoms with Crippen molar-refractivity contribution in [2.24, 2.45) is 5.73 Å². The number of rotatable bonds is 3. The van der Waals surface area contributed by atoms with Crippen LogP contribution >= 0.6 is 23.4 Å². The van der Waals surface area contributed by atoms with Gasteiger partial charge in [0.1, 0.15) is 0 Å². The molecule has 0 heterocycles. The standard InChI is InChI=1S/C13H18ClNS/c14-11-6-2-3-7-12(11)16-13(10-15)8-4-1-5-9-13/h2-3,6-7H,1,4-5,8-10,15H2. The van der Waals surface area contributed by atoms with E-state index in [-0.39, 0.29) is 4.75 Å². The molecular weight excluding hydrogens is 238 g/mol. The Morgan fingerprint density at radius 1 is 1.19 bits per heavy atom. The number of thioether (sulfide) groups is 1. The van der Waals surface area contributed by atoms with Crippen LogP contribution in [-0.2, 0) is 0 Å². The summed E-state index contributed by atoms with van der Waals surface area (Å²) in [5, 5.41) is 0.853. The summed E-state index contributed by atoms with van der Waals surface area (Å²) in [6.45, 7) is 0.753. The van der Waals surface area contributed by atoms with E-state index in [2.05, 4.69) is 6.07 Å². The van der Waals surface area contributed by atoms with Crippen LogP contribution in [0.1, 0.15) is 32.1 Å². The summed E-state index contributed by atoms with van der Waals surface area (Å²) in [5.41, 5.74) is 5.97. The summed E-state index contributed by atoms with van der Waals surface area (Å²) in [7, 11) is 0. The zero-order valence-electron chi connectivity index (χ0n) is 9.42. The molecule has 3 heteroatoms. The number of hydrogen-bond donors (Lipinski definition) is 1. The maximum Gasteiger partial charge on any atom is 0.0542 e. The fourth-order valence-electron chi connectivity index (χ4n) is 2.30. The van der Waals surface area contributed by atoms with Crippen LogP contribution in [0, 0.1) is 0 Å². The van der Waals surface area contributed by atoms with Gasteiger partial charge in [-0.25, -0.2) is 0 Å². The van der Waals surface area contributed by atoms with E-state index < -0.39 is 0 Å². The van der Waals surface area contributed by atoms with Crippen LogP contribution < -0.4 is 5.73 Å². The van der Waals surface area contributed by atoms with Crippen molar-refractivity contribution < 1.29 is 0 Å². The molecule has 1 aromatic carbocycles. The second kappa shape index (κ2) is 5.44. The molecule has 0 bridgehead atoms. The highest BCUT2D eigenvalue weighted by atomic mass is 35.5. The maximum absolute atomic E-state index is 6.20. The average molecular weight is 256 g/mol. The zero-order chi connectivity index (χ0) is 11.4. The highest BCUT2D eigenvalue weighted by molar-refractivity contribution is 8.00. The summed E-state index contributed by atoms with van der Waals surface area (Å²) in [4.78, 5) is 1.18. The molecule has 1 nitrogen and oxygen atoms in total. The Bertz CT molecular complexity index is 348. The molecule has 1 aliphatic carbocycles. The molecule has 2 rings (SSSR count). The highest BCUT2D eigenvalue weighted by Gasteiger charge is 2.32. The van der Waals surface area contributed by atoms with Gasteiger partial charge in [-0.05, 0) is 25.0 Å². The molecule has 0 atom stereocenters. The van der Waals surface area contributed by atoms with Crippen LogP contribution in [-0.4, -0.2) is 11.3 Å². The molecule has 0 aliphatic heterocycles. The first kappa shape index (κ1) is 12.3. The van der Waals surface area contributed by atoms with Gasteiger partial charge in [0.2, 0.25) is 0 Å². The molecule has 0 saturated heterocycles. The first-order valence-corrected chi connectivity index (χ1v) is 7.09. The lowest BCUT2D eigenvalue weighted by atomic mass is 9.88. The van der Waals surface area contributed by atoms with Gasteiger partial charge in [0, 0.05) is 16.2 Å². The second-order valence-electron chi connectivity index (χ2n) is 4.48. The Balaban J connectivity index is 2.15. The lowest BCUT2D eigenvalue weighted by Crippen LogP contribution is -2.36. The van der Waals surface area contributed by atoms with Gasteiger partial charge in [-0.15, -0.1) is 11.8 Å². The van der Waals surface area contributed by atoms with Gasteiger partial charge >= 0.3 is 0 Å². The normalized spacial score (nSPS) is 19.6. The highest BCUT2D eigenvalue weighted by Crippen LogP contribution is 2.44. The fourth-order valence-corrected chi connectivity index (χ4v) is 3.91. The Labute approximate surface area is 107 Å². The minimum atomic E-state index is 0.225. The van der Waals surface area contributed by atoms with E-state index in [1.54, 1.807) is 0 Å². The SMILES string of the molecule is NCC1(Sc2ccccc2Cl)CCCCC1. The van der Waals surface area contributed by atoms with E-state index in [4.69, 9.17) is 17.3 Å². The van der Waals surface area contributed by atoms with Crippen LogP contribution in [0.4, 0.5) is 0 Å². The third-order valence-electron chi connectivity index (χ3n) is 3.30. The quantitative estimate of drug-likeness (QED) is 0.880. The van der Waals surface area contributed by atoms with Crippen molar-refractivity contribution in [1.82, 2.24) is 0 Å². The monoisotopic (exact) mass is 255 g/mol. The molecular formula is C13H18ClNS. The topological polar surface area (TPSA) is 26.0 Å². The van der Waals surface area contributed by atoms with Crippen molar-refractivity contribution in [2.45, 2.75) is 41.7 Å². The van der Waals surface area contributed by atoms with Gasteiger partial charge in [-0.1, -0.05) is 43.0 Å². The second-order valence-corrected chi connectivity index (χ2v) is 6.40. The minimum Gasteiger partial charge on any atom is -0.329 e. The molecule has 1 aromatic rings. The van der Waals surface area contributed by atoms with Crippen molar-refractivity contribution >= 4 is 23.4 Å². The van der Waals surface area contributed by atoms with Crippen LogP contribution in [0.15, 0.2) is 29.2 Å². The Kier molecular flexibility index (Phi) is 4.17. The molecule has 88 valence electrons. The van der Waals surface area contributed by atoms with E-state index in [0.29, 0.717) is 0 Å². The lowest BCUT2D eigenvalue weighted by molar-refractivity contribution is 0.404. The van der Waals surface area contributed by atoms with Gasteiger partial charge in [0.15, 0.2) is 0 Å². The molecule has 2 N–H and O–H groups in total. The molecule has 1 aliphatic rings. The van der Waals surface area contributed by atoms with Crippen molar-refractivity contribution in [3.8, 4) is 0 Å². The van der Waals surface area contributed by atoms with Crippen LogP contribution in [0.2, 0.25) is 5.02 Å². The van der Waals surface area contributed by atoms with Gasteiger partial charge in [-0.2, -0.15) is 0 Å². The van der Waals surface area contributed by atoms with Crippen molar-refractivity contribution in [2.75, 3.05) is 6.54 Å². The first-order chi connectivity index (χ1) is 7.76. The van der Waals surface area contributed by atoms with E-state index in [9.17, 15) is 0 Å². The molecule has 0 radical (unpaired) electrons. The van der Waals surface area contributed by atoms with E-state index >= 15 is 0 Å². The lowest BCUT2D eigenvalue weighted by Gasteiger charge is -2.35. The van der Waals surface area contributed by atoms with E-state index in [1.165, 1.54) is 37.0 Å². The van der Waals surface area contributed by atoms with Crippen molar-refractivity contribution in [3.63, 3.8) is 0 Å². The van der Waals surface area contributed by atoms with Gasteiger partial charge in [0.05, 0.1) is 5.02 Å². The summed E-state index contributed by atoms with van der Waals surface area (Å²) >= 11 is 8.08. The summed E-state index contributed by atoms with van der Waals surface area (Å²) in [6.07, 6.45) is 6.40. The number of benzene rings is 1. The summed E-state index contributed by atoms with van der Waals surface area (Å²) in [5.74, 6) is 0. The molecule has 1 saturated carbocycles. The molecule has 0 unspecified atom stereocenters. The van der Waals surface area contributed by atoms with Gasteiger partial charge in [-0.3, -0.25) is 0 Å².